The average molecular weight is 324 g/mol. The van der Waals surface area contributed by atoms with Gasteiger partial charge >= 0.3 is 6.03 Å². The predicted octanol–water partition coefficient (Wildman–Crippen LogP) is 3.31. The molecule has 1 saturated heterocycles. The number of rotatable bonds is 3. The first kappa shape index (κ1) is 16.3. The van der Waals surface area contributed by atoms with Crippen molar-refractivity contribution in [2.24, 2.45) is 0 Å². The van der Waals surface area contributed by atoms with Crippen molar-refractivity contribution in [3.63, 3.8) is 0 Å². The summed E-state index contributed by atoms with van der Waals surface area (Å²) in [5.41, 5.74) is 4.41. The number of carbonyl (C=O) groups is 1. The molecule has 1 N–H and O–H groups in total. The molecule has 5 nitrogen and oxygen atoms in total. The van der Waals surface area contributed by atoms with Crippen molar-refractivity contribution >= 4 is 17.4 Å². The normalized spacial score (nSPS) is 14.6. The molecule has 0 bridgehead atoms. The minimum atomic E-state index is -0.00613. The summed E-state index contributed by atoms with van der Waals surface area (Å²) < 4.78 is 0. The fourth-order valence-electron chi connectivity index (χ4n) is 3.11. The number of para-hydroxylation sites is 1. The van der Waals surface area contributed by atoms with Gasteiger partial charge in [0, 0.05) is 49.9 Å². The quantitative estimate of drug-likeness (QED) is 0.942. The lowest BCUT2D eigenvalue weighted by atomic mass is 10.1. The molecule has 0 atom stereocenters. The van der Waals surface area contributed by atoms with Crippen LogP contribution >= 0.6 is 0 Å². The molecule has 1 aromatic carbocycles. The maximum Gasteiger partial charge on any atom is 0.321 e. The predicted molar refractivity (Wildman–Crippen MR) is 97.6 cm³/mol. The molecule has 3 rings (SSSR count). The van der Waals surface area contributed by atoms with Crippen LogP contribution in [0.5, 0.6) is 0 Å². The lowest BCUT2D eigenvalue weighted by molar-refractivity contribution is 0.208. The largest absolute Gasteiger partial charge is 0.368 e. The van der Waals surface area contributed by atoms with Gasteiger partial charge in [0.1, 0.15) is 0 Å². The molecule has 5 heteroatoms. The topological polar surface area (TPSA) is 48.5 Å². The van der Waals surface area contributed by atoms with Gasteiger partial charge in [0.05, 0.1) is 0 Å². The minimum absolute atomic E-state index is 0.00613. The van der Waals surface area contributed by atoms with Crippen molar-refractivity contribution in [1.29, 1.82) is 0 Å². The highest BCUT2D eigenvalue weighted by Crippen LogP contribution is 2.22. The van der Waals surface area contributed by atoms with E-state index in [1.807, 2.05) is 36.1 Å². The second-order valence-corrected chi connectivity index (χ2v) is 6.07. The van der Waals surface area contributed by atoms with E-state index in [0.29, 0.717) is 0 Å². The highest BCUT2D eigenvalue weighted by atomic mass is 16.2. The summed E-state index contributed by atoms with van der Waals surface area (Å²) in [6.07, 6.45) is 4.52. The zero-order valence-corrected chi connectivity index (χ0v) is 14.3. The lowest BCUT2D eigenvalue weighted by Crippen LogP contribution is -2.50. The van der Waals surface area contributed by atoms with Crippen LogP contribution < -0.4 is 10.2 Å². The maximum absolute atomic E-state index is 12.6. The van der Waals surface area contributed by atoms with E-state index in [0.717, 1.165) is 49.5 Å². The number of hydrogen-bond donors (Lipinski definition) is 1. The first-order valence-electron chi connectivity index (χ1n) is 8.48. The molecule has 0 spiro atoms. The van der Waals surface area contributed by atoms with E-state index in [-0.39, 0.29) is 6.03 Å². The third-order valence-corrected chi connectivity index (χ3v) is 4.57. The van der Waals surface area contributed by atoms with Crippen LogP contribution in [-0.4, -0.2) is 42.1 Å². The SMILES string of the molecule is CCc1cccc(C)c1NC(=O)N1CCN(c2ccncc2)CC1. The van der Waals surface area contributed by atoms with Gasteiger partial charge in [-0.1, -0.05) is 25.1 Å². The molecular weight excluding hydrogens is 300 g/mol. The van der Waals surface area contributed by atoms with Crippen LogP contribution in [0.2, 0.25) is 0 Å². The van der Waals surface area contributed by atoms with Gasteiger partial charge in [-0.2, -0.15) is 0 Å². The van der Waals surface area contributed by atoms with Gasteiger partial charge in [0.25, 0.3) is 0 Å². The zero-order chi connectivity index (χ0) is 16.9. The van der Waals surface area contributed by atoms with Crippen LogP contribution in [0.15, 0.2) is 42.7 Å². The Morgan fingerprint density at radius 2 is 1.83 bits per heavy atom. The molecular formula is C19H24N4O. The van der Waals surface area contributed by atoms with Gasteiger partial charge in [0.15, 0.2) is 0 Å². The van der Waals surface area contributed by atoms with Crippen molar-refractivity contribution < 1.29 is 4.79 Å². The van der Waals surface area contributed by atoms with E-state index >= 15 is 0 Å². The van der Waals surface area contributed by atoms with Crippen molar-refractivity contribution in [1.82, 2.24) is 9.88 Å². The van der Waals surface area contributed by atoms with Crippen LogP contribution in [-0.2, 0) is 6.42 Å². The number of nitrogens with one attached hydrogen (secondary N) is 1. The van der Waals surface area contributed by atoms with Crippen molar-refractivity contribution in [3.05, 3.63) is 53.9 Å². The Labute approximate surface area is 143 Å². The second-order valence-electron chi connectivity index (χ2n) is 6.07. The second kappa shape index (κ2) is 7.34. The Morgan fingerprint density at radius 1 is 1.12 bits per heavy atom. The zero-order valence-electron chi connectivity index (χ0n) is 14.3. The number of benzene rings is 1. The monoisotopic (exact) mass is 324 g/mol. The van der Waals surface area contributed by atoms with E-state index in [9.17, 15) is 4.79 Å². The fourth-order valence-corrected chi connectivity index (χ4v) is 3.11. The number of aromatic nitrogens is 1. The number of pyridine rings is 1. The lowest BCUT2D eigenvalue weighted by Gasteiger charge is -2.36. The van der Waals surface area contributed by atoms with Gasteiger partial charge in [0.2, 0.25) is 0 Å². The molecule has 126 valence electrons. The van der Waals surface area contributed by atoms with Gasteiger partial charge in [-0.15, -0.1) is 0 Å². The van der Waals surface area contributed by atoms with E-state index in [2.05, 4.69) is 28.2 Å². The van der Waals surface area contributed by atoms with Gasteiger partial charge < -0.3 is 15.1 Å². The summed E-state index contributed by atoms with van der Waals surface area (Å²) in [5, 5.41) is 3.11. The Kier molecular flexibility index (Phi) is 4.99. The minimum Gasteiger partial charge on any atom is -0.368 e. The molecule has 0 saturated carbocycles. The Balaban J connectivity index is 1.62. The van der Waals surface area contributed by atoms with E-state index in [1.165, 1.54) is 5.56 Å². The number of nitrogens with zero attached hydrogens (tertiary/aromatic N) is 3. The summed E-state index contributed by atoms with van der Waals surface area (Å²) in [4.78, 5) is 20.9. The third-order valence-electron chi connectivity index (χ3n) is 4.57. The molecule has 2 heterocycles. The molecule has 2 amide bonds. The smallest absolute Gasteiger partial charge is 0.321 e. The van der Waals surface area contributed by atoms with Crippen molar-refractivity contribution in [2.45, 2.75) is 20.3 Å². The Hall–Kier alpha value is -2.56. The molecule has 0 unspecified atom stereocenters. The molecule has 2 aromatic rings. The van der Waals surface area contributed by atoms with Crippen LogP contribution in [0.25, 0.3) is 0 Å². The summed E-state index contributed by atoms with van der Waals surface area (Å²) in [6, 6.07) is 10.2. The standard InChI is InChI=1S/C19H24N4O/c1-3-16-6-4-5-15(2)18(16)21-19(24)23-13-11-22(12-14-23)17-7-9-20-10-8-17/h4-10H,3,11-14H2,1-2H3,(H,21,24). The van der Waals surface area contributed by atoms with E-state index in [1.54, 1.807) is 12.4 Å². The van der Waals surface area contributed by atoms with Crippen LogP contribution in [0.4, 0.5) is 16.2 Å². The average Bonchev–Trinajstić information content (AvgIpc) is 2.64. The molecule has 1 aliphatic heterocycles. The van der Waals surface area contributed by atoms with Gasteiger partial charge in [-0.05, 0) is 36.6 Å². The molecule has 0 radical (unpaired) electrons. The van der Waals surface area contributed by atoms with Crippen molar-refractivity contribution in [3.8, 4) is 0 Å². The van der Waals surface area contributed by atoms with Crippen molar-refractivity contribution in [2.75, 3.05) is 36.4 Å². The maximum atomic E-state index is 12.6. The van der Waals surface area contributed by atoms with Crippen LogP contribution in [0.3, 0.4) is 0 Å². The molecule has 1 aromatic heterocycles. The van der Waals surface area contributed by atoms with Crippen LogP contribution in [0.1, 0.15) is 18.1 Å². The Bertz CT molecular complexity index is 694. The number of aryl methyl sites for hydroxylation is 2. The summed E-state index contributed by atoms with van der Waals surface area (Å²) in [7, 11) is 0. The summed E-state index contributed by atoms with van der Waals surface area (Å²) in [5.74, 6) is 0. The fraction of sp³-hybridized carbons (Fsp3) is 0.368. The highest BCUT2D eigenvalue weighted by Gasteiger charge is 2.22. The number of piperazine rings is 1. The first-order valence-corrected chi connectivity index (χ1v) is 8.48. The first-order chi connectivity index (χ1) is 11.7. The Morgan fingerprint density at radius 3 is 2.50 bits per heavy atom. The molecule has 1 fully saturated rings. The van der Waals surface area contributed by atoms with E-state index < -0.39 is 0 Å². The number of hydrogen-bond acceptors (Lipinski definition) is 3. The third kappa shape index (κ3) is 3.50. The highest BCUT2D eigenvalue weighted by molar-refractivity contribution is 5.91. The number of carbonyl (C=O) groups excluding carboxylic acids is 1. The number of amides is 2. The molecule has 0 aliphatic carbocycles. The summed E-state index contributed by atoms with van der Waals surface area (Å²) >= 11 is 0. The van der Waals surface area contributed by atoms with Gasteiger partial charge in [-0.3, -0.25) is 4.98 Å². The van der Waals surface area contributed by atoms with E-state index in [4.69, 9.17) is 0 Å². The molecule has 24 heavy (non-hydrogen) atoms. The number of anilines is 2. The number of urea groups is 1. The van der Waals surface area contributed by atoms with Gasteiger partial charge in [-0.25, -0.2) is 4.79 Å². The molecule has 1 aliphatic rings. The van der Waals surface area contributed by atoms with Crippen LogP contribution in [0, 0.1) is 6.92 Å². The summed E-state index contributed by atoms with van der Waals surface area (Å²) in [6.45, 7) is 7.27.